The largest absolute Gasteiger partial charge is 0.460 e. The van der Waals surface area contributed by atoms with Gasteiger partial charge in [-0.25, -0.2) is 4.79 Å². The molecule has 0 aliphatic carbocycles. The van der Waals surface area contributed by atoms with Gasteiger partial charge >= 0.3 is 5.97 Å². The van der Waals surface area contributed by atoms with Crippen molar-refractivity contribution in [1.29, 1.82) is 0 Å². The topological polar surface area (TPSA) is 39.4 Å². The van der Waals surface area contributed by atoms with E-state index in [1.807, 2.05) is 0 Å². The van der Waals surface area contributed by atoms with Crippen LogP contribution in [0.5, 0.6) is 0 Å². The number of esters is 1. The maximum Gasteiger partial charge on any atom is 0.374 e. The summed E-state index contributed by atoms with van der Waals surface area (Å²) in [7, 11) is 0. The zero-order valence-electron chi connectivity index (χ0n) is 6.89. The molecule has 12 heavy (non-hydrogen) atoms. The van der Waals surface area contributed by atoms with Gasteiger partial charge in [0, 0.05) is 6.07 Å². The molecule has 1 aromatic rings. The van der Waals surface area contributed by atoms with E-state index in [9.17, 15) is 4.79 Å². The van der Waals surface area contributed by atoms with Crippen LogP contribution in [0, 0.1) is 6.92 Å². The van der Waals surface area contributed by atoms with E-state index >= 15 is 0 Å². The summed E-state index contributed by atoms with van der Waals surface area (Å²) >= 11 is 3.23. The fourth-order valence-electron chi connectivity index (χ4n) is 0.763. The number of carbonyl (C=O) groups is 1. The monoisotopic (exact) mass is 232 g/mol. The minimum atomic E-state index is -0.425. The molecule has 0 aliphatic heterocycles. The van der Waals surface area contributed by atoms with Gasteiger partial charge in [-0.1, -0.05) is 0 Å². The zero-order chi connectivity index (χ0) is 9.14. The van der Waals surface area contributed by atoms with E-state index in [1.165, 1.54) is 0 Å². The fraction of sp³-hybridized carbons (Fsp3) is 0.375. The number of rotatable bonds is 2. The summed E-state index contributed by atoms with van der Waals surface area (Å²) in [5.74, 6) is 0.491. The molecule has 1 rings (SSSR count). The van der Waals surface area contributed by atoms with Crippen LogP contribution >= 0.6 is 15.9 Å². The normalized spacial score (nSPS) is 9.92. The van der Waals surface area contributed by atoms with Crippen LogP contribution in [-0.2, 0) is 4.74 Å². The lowest BCUT2D eigenvalue weighted by molar-refractivity contribution is 0.0488. The lowest BCUT2D eigenvalue weighted by atomic mass is 10.4. The summed E-state index contributed by atoms with van der Waals surface area (Å²) in [4.78, 5) is 11.1. The summed E-state index contributed by atoms with van der Waals surface area (Å²) in [6, 6.07) is 1.60. The second-order valence-corrected chi connectivity index (χ2v) is 3.09. The van der Waals surface area contributed by atoms with E-state index in [2.05, 4.69) is 15.9 Å². The summed E-state index contributed by atoms with van der Waals surface area (Å²) in [5, 5.41) is 0. The number of halogens is 1. The third-order valence-electron chi connectivity index (χ3n) is 1.33. The van der Waals surface area contributed by atoms with E-state index in [4.69, 9.17) is 9.15 Å². The average molecular weight is 233 g/mol. The van der Waals surface area contributed by atoms with E-state index in [-0.39, 0.29) is 5.76 Å². The molecule has 1 heterocycles. The van der Waals surface area contributed by atoms with Crippen LogP contribution in [0.25, 0.3) is 0 Å². The van der Waals surface area contributed by atoms with E-state index in [0.29, 0.717) is 12.4 Å². The summed E-state index contributed by atoms with van der Waals surface area (Å²) in [5.41, 5.74) is 0. The third kappa shape index (κ3) is 1.88. The van der Waals surface area contributed by atoms with Gasteiger partial charge in [-0.3, -0.25) is 0 Å². The van der Waals surface area contributed by atoms with Crippen molar-refractivity contribution in [2.45, 2.75) is 13.8 Å². The Morgan fingerprint density at radius 3 is 2.83 bits per heavy atom. The van der Waals surface area contributed by atoms with Gasteiger partial charge < -0.3 is 9.15 Å². The molecule has 66 valence electrons. The lowest BCUT2D eigenvalue weighted by Crippen LogP contribution is -2.02. The minimum absolute atomic E-state index is 0.237. The molecule has 0 aromatic carbocycles. The predicted molar refractivity (Wildman–Crippen MR) is 47.1 cm³/mol. The molecular formula is C8H9BrO3. The van der Waals surface area contributed by atoms with Crippen molar-refractivity contribution in [3.8, 4) is 0 Å². The quantitative estimate of drug-likeness (QED) is 0.736. The number of aryl methyl sites for hydroxylation is 1. The summed E-state index contributed by atoms with van der Waals surface area (Å²) in [6.07, 6.45) is 0. The highest BCUT2D eigenvalue weighted by atomic mass is 79.9. The summed E-state index contributed by atoms with van der Waals surface area (Å²) < 4.78 is 10.6. The Hall–Kier alpha value is -0.770. The molecule has 0 fully saturated rings. The van der Waals surface area contributed by atoms with Crippen molar-refractivity contribution >= 4 is 21.9 Å². The van der Waals surface area contributed by atoms with Crippen molar-refractivity contribution in [3.63, 3.8) is 0 Å². The number of ether oxygens (including phenoxy) is 1. The van der Waals surface area contributed by atoms with Crippen LogP contribution in [0.3, 0.4) is 0 Å². The Labute approximate surface area is 78.8 Å². The first-order valence-corrected chi connectivity index (χ1v) is 4.37. The Morgan fingerprint density at radius 1 is 1.75 bits per heavy atom. The number of furan rings is 1. The van der Waals surface area contributed by atoms with Gasteiger partial charge in [-0.15, -0.1) is 0 Å². The molecule has 0 amide bonds. The van der Waals surface area contributed by atoms with Crippen LogP contribution < -0.4 is 0 Å². The highest BCUT2D eigenvalue weighted by Crippen LogP contribution is 2.20. The van der Waals surface area contributed by atoms with Crippen molar-refractivity contribution < 1.29 is 13.9 Å². The summed E-state index contributed by atoms with van der Waals surface area (Å²) in [6.45, 7) is 3.88. The molecule has 0 spiro atoms. The Kier molecular flexibility index (Phi) is 2.92. The molecule has 0 N–H and O–H groups in total. The van der Waals surface area contributed by atoms with Crippen LogP contribution in [0.2, 0.25) is 0 Å². The molecule has 3 nitrogen and oxygen atoms in total. The molecule has 1 aromatic heterocycles. The number of hydrogen-bond acceptors (Lipinski definition) is 3. The average Bonchev–Trinajstić information content (AvgIpc) is 2.33. The van der Waals surface area contributed by atoms with Crippen molar-refractivity contribution in [1.82, 2.24) is 0 Å². The molecule has 0 bridgehead atoms. The Morgan fingerprint density at radius 2 is 2.42 bits per heavy atom. The molecule has 0 saturated carbocycles. The van der Waals surface area contributed by atoms with Crippen LogP contribution in [-0.4, -0.2) is 12.6 Å². The first-order chi connectivity index (χ1) is 5.65. The second-order valence-electron chi connectivity index (χ2n) is 2.24. The molecule has 0 atom stereocenters. The smallest absolute Gasteiger partial charge is 0.374 e. The van der Waals surface area contributed by atoms with Gasteiger partial charge in [0.15, 0.2) is 0 Å². The first kappa shape index (κ1) is 9.32. The standard InChI is InChI=1S/C8H9BrO3/c1-3-11-8(10)7-4-6(9)5(2)12-7/h4H,3H2,1-2H3. The minimum Gasteiger partial charge on any atom is -0.460 e. The van der Waals surface area contributed by atoms with Crippen molar-refractivity contribution in [3.05, 3.63) is 22.1 Å². The maximum atomic E-state index is 11.1. The second kappa shape index (κ2) is 3.76. The Balaban J connectivity index is 2.82. The molecule has 0 radical (unpaired) electrons. The van der Waals surface area contributed by atoms with Gasteiger partial charge in [0.1, 0.15) is 5.76 Å². The molecule has 0 unspecified atom stereocenters. The molecule has 0 aliphatic rings. The van der Waals surface area contributed by atoms with Crippen LogP contribution in [0.1, 0.15) is 23.2 Å². The van der Waals surface area contributed by atoms with Crippen molar-refractivity contribution in [2.24, 2.45) is 0 Å². The van der Waals surface area contributed by atoms with E-state index in [1.54, 1.807) is 19.9 Å². The van der Waals surface area contributed by atoms with Crippen LogP contribution in [0.15, 0.2) is 15.0 Å². The fourth-order valence-corrected chi connectivity index (χ4v) is 1.05. The highest BCUT2D eigenvalue weighted by Gasteiger charge is 2.13. The van der Waals surface area contributed by atoms with Gasteiger partial charge in [0.2, 0.25) is 5.76 Å². The van der Waals surface area contributed by atoms with Gasteiger partial charge in [0.05, 0.1) is 11.1 Å². The highest BCUT2D eigenvalue weighted by molar-refractivity contribution is 9.10. The molecular weight excluding hydrogens is 224 g/mol. The van der Waals surface area contributed by atoms with Gasteiger partial charge in [-0.2, -0.15) is 0 Å². The third-order valence-corrected chi connectivity index (χ3v) is 2.12. The predicted octanol–water partition coefficient (Wildman–Crippen LogP) is 2.53. The van der Waals surface area contributed by atoms with Crippen molar-refractivity contribution in [2.75, 3.05) is 6.61 Å². The van der Waals surface area contributed by atoms with E-state index < -0.39 is 5.97 Å². The first-order valence-electron chi connectivity index (χ1n) is 3.58. The van der Waals surface area contributed by atoms with Gasteiger partial charge in [0.25, 0.3) is 0 Å². The van der Waals surface area contributed by atoms with Crippen LogP contribution in [0.4, 0.5) is 0 Å². The zero-order valence-corrected chi connectivity index (χ0v) is 8.47. The van der Waals surface area contributed by atoms with Gasteiger partial charge in [-0.05, 0) is 29.8 Å². The van der Waals surface area contributed by atoms with E-state index in [0.717, 1.165) is 4.47 Å². The number of hydrogen-bond donors (Lipinski definition) is 0. The molecule has 0 saturated heterocycles. The molecule has 4 heteroatoms. The number of carbonyl (C=O) groups excluding carboxylic acids is 1. The maximum absolute atomic E-state index is 11.1. The Bertz CT molecular complexity index is 271. The lowest BCUT2D eigenvalue weighted by Gasteiger charge is -1.95. The SMILES string of the molecule is CCOC(=O)c1cc(Br)c(C)o1.